The third kappa shape index (κ3) is 2.20. The predicted octanol–water partition coefficient (Wildman–Crippen LogP) is 1.44. The molecule has 0 saturated heterocycles. The molecule has 1 aromatic carbocycles. The molecule has 5 nitrogen and oxygen atoms in total. The first-order valence-corrected chi connectivity index (χ1v) is 4.51. The summed E-state index contributed by atoms with van der Waals surface area (Å²) in [4.78, 5) is 8.52. The van der Waals surface area contributed by atoms with Crippen LogP contribution in [0.25, 0.3) is 11.4 Å². The van der Waals surface area contributed by atoms with Gasteiger partial charge in [0.05, 0.1) is 0 Å². The van der Waals surface area contributed by atoms with Gasteiger partial charge in [0.15, 0.2) is 0 Å². The van der Waals surface area contributed by atoms with E-state index in [-0.39, 0.29) is 6.61 Å². The average Bonchev–Trinajstić information content (AvgIpc) is 2.68. The van der Waals surface area contributed by atoms with Crippen molar-refractivity contribution in [3.05, 3.63) is 35.7 Å². The number of hydrogen-bond acceptors (Lipinski definition) is 5. The molecule has 78 valence electrons. The van der Waals surface area contributed by atoms with Crippen molar-refractivity contribution in [2.75, 3.05) is 0 Å². The summed E-state index contributed by atoms with van der Waals surface area (Å²) in [5.74, 6) is 5.81. The Labute approximate surface area is 86.8 Å². The van der Waals surface area contributed by atoms with Gasteiger partial charge in [0.2, 0.25) is 5.82 Å². The highest BCUT2D eigenvalue weighted by molar-refractivity contribution is 5.54. The lowest BCUT2D eigenvalue weighted by Gasteiger charge is -1.94. The zero-order valence-corrected chi connectivity index (χ0v) is 8.30. The summed E-state index contributed by atoms with van der Waals surface area (Å²) in [5, 5.41) is 3.81. The third-order valence-corrected chi connectivity index (χ3v) is 1.98. The first-order chi connectivity index (χ1) is 7.29. The summed E-state index contributed by atoms with van der Waals surface area (Å²) in [6.45, 7) is 2.15. The molecule has 0 aliphatic rings. The van der Waals surface area contributed by atoms with E-state index in [4.69, 9.17) is 10.4 Å². The molecular weight excluding hydrogens is 194 g/mol. The first kappa shape index (κ1) is 9.82. The maximum Gasteiger partial charge on any atom is 0.255 e. The number of rotatable bonds is 3. The number of nitrogens with zero attached hydrogens (tertiary/aromatic N) is 2. The van der Waals surface area contributed by atoms with E-state index in [2.05, 4.69) is 15.0 Å². The lowest BCUT2D eigenvalue weighted by Crippen LogP contribution is -1.98. The molecule has 0 radical (unpaired) electrons. The molecule has 0 saturated carbocycles. The molecule has 1 heterocycles. The standard InChI is InChI=1S/C10H11N3O2/c1-7-2-4-8(5-3-7)10-12-9(6-14-11)15-13-10/h2-5H,6,11H2,1H3. The second-order valence-corrected chi connectivity index (χ2v) is 3.19. The van der Waals surface area contributed by atoms with Crippen molar-refractivity contribution >= 4 is 0 Å². The van der Waals surface area contributed by atoms with E-state index in [0.717, 1.165) is 5.56 Å². The van der Waals surface area contributed by atoms with E-state index >= 15 is 0 Å². The van der Waals surface area contributed by atoms with E-state index in [9.17, 15) is 0 Å². The maximum absolute atomic E-state index is 4.92. The van der Waals surface area contributed by atoms with Crippen molar-refractivity contribution in [1.29, 1.82) is 0 Å². The summed E-state index contributed by atoms with van der Waals surface area (Å²) in [6.07, 6.45) is 0. The van der Waals surface area contributed by atoms with E-state index < -0.39 is 0 Å². The normalized spacial score (nSPS) is 10.5. The molecule has 0 aliphatic heterocycles. The Kier molecular flexibility index (Phi) is 2.75. The largest absolute Gasteiger partial charge is 0.336 e. The van der Waals surface area contributed by atoms with E-state index in [1.165, 1.54) is 5.56 Å². The van der Waals surface area contributed by atoms with Crippen LogP contribution in [-0.2, 0) is 11.4 Å². The van der Waals surface area contributed by atoms with Crippen LogP contribution < -0.4 is 5.90 Å². The fourth-order valence-electron chi connectivity index (χ4n) is 1.20. The van der Waals surface area contributed by atoms with Crippen molar-refractivity contribution in [2.45, 2.75) is 13.5 Å². The minimum atomic E-state index is 0.124. The zero-order valence-electron chi connectivity index (χ0n) is 8.30. The molecule has 2 N–H and O–H groups in total. The van der Waals surface area contributed by atoms with E-state index in [1.54, 1.807) is 0 Å². The molecule has 0 aliphatic carbocycles. The lowest BCUT2D eigenvalue weighted by atomic mass is 10.1. The van der Waals surface area contributed by atoms with Gasteiger partial charge in [-0.3, -0.25) is 4.84 Å². The summed E-state index contributed by atoms with van der Waals surface area (Å²) >= 11 is 0. The average molecular weight is 205 g/mol. The highest BCUT2D eigenvalue weighted by atomic mass is 16.6. The Morgan fingerprint density at radius 1 is 1.33 bits per heavy atom. The van der Waals surface area contributed by atoms with Crippen LogP contribution in [0.3, 0.4) is 0 Å². The fourth-order valence-corrected chi connectivity index (χ4v) is 1.20. The van der Waals surface area contributed by atoms with Crippen LogP contribution in [0.2, 0.25) is 0 Å². The molecule has 15 heavy (non-hydrogen) atoms. The number of hydrogen-bond donors (Lipinski definition) is 1. The topological polar surface area (TPSA) is 74.2 Å². The Morgan fingerprint density at radius 2 is 2.07 bits per heavy atom. The molecule has 2 rings (SSSR count). The van der Waals surface area contributed by atoms with Gasteiger partial charge in [0.25, 0.3) is 5.89 Å². The molecule has 0 spiro atoms. The minimum Gasteiger partial charge on any atom is -0.336 e. The molecule has 2 aromatic rings. The molecule has 5 heteroatoms. The van der Waals surface area contributed by atoms with Crippen LogP contribution in [0.1, 0.15) is 11.5 Å². The molecule has 0 unspecified atom stereocenters. The summed E-state index contributed by atoms with van der Waals surface area (Å²) in [5.41, 5.74) is 2.10. The highest BCUT2D eigenvalue weighted by Gasteiger charge is 2.07. The summed E-state index contributed by atoms with van der Waals surface area (Å²) in [7, 11) is 0. The number of benzene rings is 1. The molecule has 0 amide bonds. The van der Waals surface area contributed by atoms with Crippen LogP contribution in [0.15, 0.2) is 28.8 Å². The van der Waals surface area contributed by atoms with Gasteiger partial charge in [-0.25, -0.2) is 5.90 Å². The van der Waals surface area contributed by atoms with Gasteiger partial charge in [-0.15, -0.1) is 0 Å². The minimum absolute atomic E-state index is 0.124. The Morgan fingerprint density at radius 3 is 2.73 bits per heavy atom. The maximum atomic E-state index is 4.92. The zero-order chi connectivity index (χ0) is 10.7. The second-order valence-electron chi connectivity index (χ2n) is 3.19. The van der Waals surface area contributed by atoms with Gasteiger partial charge in [0.1, 0.15) is 6.61 Å². The van der Waals surface area contributed by atoms with Crippen molar-refractivity contribution in [3.63, 3.8) is 0 Å². The molecule has 0 fully saturated rings. The molecule has 1 aromatic heterocycles. The number of aromatic nitrogens is 2. The summed E-state index contributed by atoms with van der Waals surface area (Å²) < 4.78 is 4.92. The predicted molar refractivity (Wildman–Crippen MR) is 53.4 cm³/mol. The fraction of sp³-hybridized carbons (Fsp3) is 0.200. The van der Waals surface area contributed by atoms with Crippen LogP contribution in [0, 0.1) is 6.92 Å². The smallest absolute Gasteiger partial charge is 0.255 e. The Bertz CT molecular complexity index is 436. The lowest BCUT2D eigenvalue weighted by molar-refractivity contribution is 0.0996. The van der Waals surface area contributed by atoms with Crippen LogP contribution in [0.4, 0.5) is 0 Å². The monoisotopic (exact) mass is 205 g/mol. The summed E-state index contributed by atoms with van der Waals surface area (Å²) in [6, 6.07) is 7.86. The number of aryl methyl sites for hydroxylation is 1. The van der Waals surface area contributed by atoms with Crippen molar-refractivity contribution in [2.24, 2.45) is 5.90 Å². The highest BCUT2D eigenvalue weighted by Crippen LogP contribution is 2.16. The van der Waals surface area contributed by atoms with Gasteiger partial charge in [-0.2, -0.15) is 4.98 Å². The van der Waals surface area contributed by atoms with Crippen LogP contribution in [-0.4, -0.2) is 10.1 Å². The van der Waals surface area contributed by atoms with E-state index in [0.29, 0.717) is 11.7 Å². The number of nitrogens with two attached hydrogens (primary N) is 1. The second kappa shape index (κ2) is 4.20. The third-order valence-electron chi connectivity index (χ3n) is 1.98. The molecular formula is C10H11N3O2. The Hall–Kier alpha value is -1.72. The van der Waals surface area contributed by atoms with Gasteiger partial charge < -0.3 is 4.52 Å². The van der Waals surface area contributed by atoms with Crippen LogP contribution >= 0.6 is 0 Å². The Balaban J connectivity index is 2.25. The first-order valence-electron chi connectivity index (χ1n) is 4.51. The van der Waals surface area contributed by atoms with E-state index in [1.807, 2.05) is 31.2 Å². The van der Waals surface area contributed by atoms with Crippen LogP contribution in [0.5, 0.6) is 0 Å². The quantitative estimate of drug-likeness (QED) is 0.767. The van der Waals surface area contributed by atoms with Crippen molar-refractivity contribution < 1.29 is 9.36 Å². The van der Waals surface area contributed by atoms with Gasteiger partial charge in [0, 0.05) is 5.56 Å². The van der Waals surface area contributed by atoms with Crippen molar-refractivity contribution in [3.8, 4) is 11.4 Å². The van der Waals surface area contributed by atoms with Gasteiger partial charge >= 0.3 is 0 Å². The molecule has 0 atom stereocenters. The SMILES string of the molecule is Cc1ccc(-c2noc(CON)n2)cc1. The van der Waals surface area contributed by atoms with Crippen molar-refractivity contribution in [1.82, 2.24) is 10.1 Å². The van der Waals surface area contributed by atoms with Gasteiger partial charge in [-0.05, 0) is 6.92 Å². The molecule has 0 bridgehead atoms. The van der Waals surface area contributed by atoms with Gasteiger partial charge in [-0.1, -0.05) is 35.0 Å².